The zero-order valence-electron chi connectivity index (χ0n) is 19.4. The van der Waals surface area contributed by atoms with Gasteiger partial charge in [0.05, 0.1) is 31.3 Å². The van der Waals surface area contributed by atoms with Gasteiger partial charge in [-0.2, -0.15) is 0 Å². The molecule has 0 fully saturated rings. The van der Waals surface area contributed by atoms with E-state index in [2.05, 4.69) is 5.32 Å². The maximum atomic E-state index is 13.6. The average Bonchev–Trinajstić information content (AvgIpc) is 3.15. The van der Waals surface area contributed by atoms with Crippen LogP contribution in [0.4, 0.5) is 0 Å². The van der Waals surface area contributed by atoms with Crippen LogP contribution in [0.1, 0.15) is 49.8 Å². The van der Waals surface area contributed by atoms with Crippen LogP contribution in [0.15, 0.2) is 34.7 Å². The molecule has 0 bridgehead atoms. The van der Waals surface area contributed by atoms with E-state index < -0.39 is 23.8 Å². The van der Waals surface area contributed by atoms with E-state index in [0.29, 0.717) is 29.9 Å². The maximum Gasteiger partial charge on any atom is 0.336 e. The molecule has 0 unspecified atom stereocenters. The highest BCUT2D eigenvalue weighted by molar-refractivity contribution is 7.12. The third kappa shape index (κ3) is 4.81. The van der Waals surface area contributed by atoms with Gasteiger partial charge in [-0.15, -0.1) is 11.3 Å². The summed E-state index contributed by atoms with van der Waals surface area (Å²) in [5.41, 5.74) is 2.26. The second-order valence-electron chi connectivity index (χ2n) is 8.54. The number of Topliss-reactive ketones (excluding diaryl/α,β-unsaturated/α-hetero) is 1. The Morgan fingerprint density at radius 1 is 1.22 bits per heavy atom. The van der Waals surface area contributed by atoms with Crippen LogP contribution in [0.2, 0.25) is 0 Å². The molecule has 2 aliphatic rings. The number of carbonyl (C=O) groups excluding carboxylic acids is 3. The molecular weight excluding hydrogens is 430 g/mol. The minimum atomic E-state index is -0.890. The van der Waals surface area contributed by atoms with E-state index in [1.54, 1.807) is 0 Å². The van der Waals surface area contributed by atoms with Crippen molar-refractivity contribution in [2.45, 2.75) is 53.1 Å². The molecule has 0 aromatic carbocycles. The fraction of sp³-hybridized carbons (Fsp3) is 0.542. The monoisotopic (exact) mass is 461 g/mol. The fourth-order valence-electron chi connectivity index (χ4n) is 4.34. The molecule has 1 aromatic heterocycles. The number of rotatable bonds is 7. The number of allylic oxidation sites excluding steroid dienone is 3. The first-order chi connectivity index (χ1) is 15.1. The Bertz CT molecular complexity index is 973. The number of thiophene rings is 1. The second-order valence-corrected chi connectivity index (χ2v) is 9.86. The minimum absolute atomic E-state index is 0.0395. The van der Waals surface area contributed by atoms with Gasteiger partial charge in [0.15, 0.2) is 5.78 Å². The summed E-state index contributed by atoms with van der Waals surface area (Å²) in [5, 5.41) is 3.26. The number of nitrogens with one attached hydrogen (secondary N) is 1. The van der Waals surface area contributed by atoms with Gasteiger partial charge in [-0.1, -0.05) is 6.92 Å². The van der Waals surface area contributed by atoms with E-state index in [9.17, 15) is 14.4 Å². The van der Waals surface area contributed by atoms with Gasteiger partial charge in [0.25, 0.3) is 0 Å². The molecular formula is C24H31NO6S. The van der Waals surface area contributed by atoms with Gasteiger partial charge in [0.2, 0.25) is 0 Å². The standard InChI is InChI=1S/C24H31NO6S/c1-12(2)30-9-10-31-24(28)19-15(5)25-16-11-13(3)18(23(27)29-6)22(26)20(16)21(19)17-8-7-14(4)32-17/h7-8,12-13,18,21,25H,9-11H2,1-6H3/t13-,18+,21-/m0/s1. The summed E-state index contributed by atoms with van der Waals surface area (Å²) in [6, 6.07) is 3.90. The summed E-state index contributed by atoms with van der Waals surface area (Å²) in [7, 11) is 1.29. The van der Waals surface area contributed by atoms with Crippen LogP contribution in [0, 0.1) is 18.8 Å². The van der Waals surface area contributed by atoms with Crippen molar-refractivity contribution < 1.29 is 28.6 Å². The molecule has 1 aliphatic heterocycles. The largest absolute Gasteiger partial charge is 0.468 e. The average molecular weight is 462 g/mol. The van der Waals surface area contributed by atoms with Crippen LogP contribution in [-0.4, -0.2) is 44.1 Å². The van der Waals surface area contributed by atoms with Crippen LogP contribution in [0.3, 0.4) is 0 Å². The summed E-state index contributed by atoms with van der Waals surface area (Å²) < 4.78 is 15.9. The molecule has 0 saturated heterocycles. The van der Waals surface area contributed by atoms with Crippen molar-refractivity contribution in [3.63, 3.8) is 0 Å². The summed E-state index contributed by atoms with van der Waals surface area (Å²) in [6.45, 7) is 9.90. The first-order valence-corrected chi connectivity index (χ1v) is 11.6. The number of dihydropyridines is 1. The molecule has 8 heteroatoms. The molecule has 174 valence electrons. The first-order valence-electron chi connectivity index (χ1n) is 10.8. The van der Waals surface area contributed by atoms with Gasteiger partial charge in [0.1, 0.15) is 12.5 Å². The van der Waals surface area contributed by atoms with Gasteiger partial charge in [-0.25, -0.2) is 4.79 Å². The zero-order valence-corrected chi connectivity index (χ0v) is 20.3. The van der Waals surface area contributed by atoms with Crippen molar-refractivity contribution in [2.75, 3.05) is 20.3 Å². The molecule has 7 nitrogen and oxygen atoms in total. The Hall–Kier alpha value is -2.45. The van der Waals surface area contributed by atoms with E-state index in [1.807, 2.05) is 46.8 Å². The van der Waals surface area contributed by atoms with E-state index in [-0.39, 0.29) is 24.4 Å². The number of hydrogen-bond donors (Lipinski definition) is 1. The van der Waals surface area contributed by atoms with E-state index in [4.69, 9.17) is 14.2 Å². The van der Waals surface area contributed by atoms with Crippen LogP contribution in [0.25, 0.3) is 0 Å². The van der Waals surface area contributed by atoms with Gasteiger partial charge in [0, 0.05) is 26.7 Å². The van der Waals surface area contributed by atoms with Gasteiger partial charge < -0.3 is 19.5 Å². The lowest BCUT2D eigenvalue weighted by Gasteiger charge is -2.37. The van der Waals surface area contributed by atoms with Crippen LogP contribution in [-0.2, 0) is 28.6 Å². The Labute approximate surface area is 192 Å². The lowest BCUT2D eigenvalue weighted by Crippen LogP contribution is -2.43. The first kappa shape index (κ1) is 24.2. The highest BCUT2D eigenvalue weighted by Gasteiger charge is 2.47. The van der Waals surface area contributed by atoms with Crippen molar-refractivity contribution in [1.82, 2.24) is 5.32 Å². The van der Waals surface area contributed by atoms with E-state index in [0.717, 1.165) is 15.5 Å². The number of methoxy groups -OCH3 is 1. The van der Waals surface area contributed by atoms with Gasteiger partial charge in [-0.3, -0.25) is 9.59 Å². The lowest BCUT2D eigenvalue weighted by molar-refractivity contribution is -0.151. The molecule has 0 amide bonds. The molecule has 3 rings (SSSR count). The van der Waals surface area contributed by atoms with Crippen molar-refractivity contribution in [3.05, 3.63) is 44.4 Å². The number of aryl methyl sites for hydroxylation is 1. The smallest absolute Gasteiger partial charge is 0.336 e. The molecule has 0 saturated carbocycles. The third-order valence-corrected chi connectivity index (χ3v) is 6.84. The number of carbonyl (C=O) groups is 3. The number of ether oxygens (including phenoxy) is 3. The highest BCUT2D eigenvalue weighted by Crippen LogP contribution is 2.46. The van der Waals surface area contributed by atoms with Crippen LogP contribution >= 0.6 is 11.3 Å². The minimum Gasteiger partial charge on any atom is -0.468 e. The predicted molar refractivity (Wildman–Crippen MR) is 121 cm³/mol. The summed E-state index contributed by atoms with van der Waals surface area (Å²) >= 11 is 1.53. The van der Waals surface area contributed by atoms with Crippen molar-refractivity contribution in [2.24, 2.45) is 11.8 Å². The molecule has 1 aromatic rings. The number of esters is 2. The number of hydrogen-bond acceptors (Lipinski definition) is 8. The number of ketones is 1. The Morgan fingerprint density at radius 2 is 1.94 bits per heavy atom. The summed E-state index contributed by atoms with van der Waals surface area (Å²) in [5.74, 6) is -3.02. The Kier molecular flexibility index (Phi) is 7.56. The molecule has 3 atom stereocenters. The van der Waals surface area contributed by atoms with Gasteiger partial charge >= 0.3 is 11.9 Å². The Morgan fingerprint density at radius 3 is 2.53 bits per heavy atom. The van der Waals surface area contributed by atoms with Crippen molar-refractivity contribution >= 4 is 29.1 Å². The normalized spacial score (nSPS) is 23.2. The van der Waals surface area contributed by atoms with Crippen molar-refractivity contribution in [1.29, 1.82) is 0 Å². The fourth-order valence-corrected chi connectivity index (χ4v) is 5.34. The third-order valence-electron chi connectivity index (χ3n) is 5.78. The van der Waals surface area contributed by atoms with E-state index >= 15 is 0 Å². The second kappa shape index (κ2) is 10.0. The quantitative estimate of drug-likeness (QED) is 0.377. The molecule has 0 spiro atoms. The molecule has 0 radical (unpaired) electrons. The lowest BCUT2D eigenvalue weighted by atomic mass is 9.70. The van der Waals surface area contributed by atoms with Crippen LogP contribution in [0.5, 0.6) is 0 Å². The molecule has 1 aliphatic carbocycles. The van der Waals surface area contributed by atoms with Crippen molar-refractivity contribution in [3.8, 4) is 0 Å². The summed E-state index contributed by atoms with van der Waals surface area (Å²) in [4.78, 5) is 41.1. The highest BCUT2D eigenvalue weighted by atomic mass is 32.1. The van der Waals surface area contributed by atoms with Gasteiger partial charge in [-0.05, 0) is 52.2 Å². The molecule has 2 heterocycles. The summed E-state index contributed by atoms with van der Waals surface area (Å²) in [6.07, 6.45) is 0.557. The zero-order chi connectivity index (χ0) is 23.6. The topological polar surface area (TPSA) is 90.9 Å². The Balaban J connectivity index is 2.00. The maximum absolute atomic E-state index is 13.6. The molecule has 1 N–H and O–H groups in total. The molecule has 32 heavy (non-hydrogen) atoms. The SMILES string of the molecule is COC(=O)[C@H]1C(=O)C2=C(C[C@@H]1C)NC(C)=C(C(=O)OCCOC(C)C)[C@@H]2c1ccc(C)s1. The van der Waals surface area contributed by atoms with E-state index in [1.165, 1.54) is 18.4 Å². The van der Waals surface area contributed by atoms with Crippen LogP contribution < -0.4 is 5.32 Å². The predicted octanol–water partition coefficient (Wildman–Crippen LogP) is 3.64.